The Kier molecular flexibility index (Phi) is 3.01. The molecule has 1 aliphatic carbocycles. The molecule has 128 valence electrons. The van der Waals surface area contributed by atoms with Crippen LogP contribution in [0, 0.1) is 5.82 Å². The van der Waals surface area contributed by atoms with Crippen molar-refractivity contribution in [2.75, 3.05) is 13.1 Å². The maximum atomic E-state index is 13.5. The van der Waals surface area contributed by atoms with Gasteiger partial charge in [-0.3, -0.25) is 4.52 Å². The molecule has 0 spiro atoms. The fraction of sp³-hybridized carbons (Fsp3) is 0.333. The minimum atomic E-state index is -0.658. The Hall–Kier alpha value is -3.01. The molecule has 0 bridgehead atoms. The molecule has 0 radical (unpaired) electrons. The van der Waals surface area contributed by atoms with Gasteiger partial charge in [0.1, 0.15) is 11.9 Å². The molecule has 1 N–H and O–H groups in total. The minimum absolute atomic E-state index is 0.0451. The van der Waals surface area contributed by atoms with Crippen LogP contribution in [0.1, 0.15) is 17.2 Å². The van der Waals surface area contributed by atoms with Gasteiger partial charge in [-0.25, -0.2) is 18.4 Å². The average Bonchev–Trinajstić information content (AvgIpc) is 3.14. The Morgan fingerprint density at radius 3 is 2.96 bits per heavy atom. The molecular weight excluding hydrogens is 333 g/mol. The first-order valence-corrected chi connectivity index (χ1v) is 7.77. The number of benzene rings is 1. The second-order valence-corrected chi connectivity index (χ2v) is 6.02. The third kappa shape index (κ3) is 2.18. The first kappa shape index (κ1) is 14.3. The molecule has 3 heterocycles. The molecule has 3 aromatic rings. The number of aromatic nitrogens is 4. The van der Waals surface area contributed by atoms with E-state index in [0.717, 1.165) is 5.56 Å². The first-order valence-electron chi connectivity index (χ1n) is 7.77. The van der Waals surface area contributed by atoms with Gasteiger partial charge in [-0.1, -0.05) is 11.2 Å². The summed E-state index contributed by atoms with van der Waals surface area (Å²) in [5.74, 6) is -0.728. The fourth-order valence-electron chi connectivity index (χ4n) is 3.07. The molecular formula is C15H12FN5O4. The van der Waals surface area contributed by atoms with Crippen LogP contribution in [-0.2, 0) is 6.42 Å². The Morgan fingerprint density at radius 2 is 2.16 bits per heavy atom. The molecule has 0 unspecified atom stereocenters. The highest BCUT2D eigenvalue weighted by atomic mass is 19.1. The Morgan fingerprint density at radius 1 is 1.28 bits per heavy atom. The lowest BCUT2D eigenvalue weighted by Gasteiger charge is -2.30. The van der Waals surface area contributed by atoms with Gasteiger partial charge in [-0.15, -0.1) is 0 Å². The van der Waals surface area contributed by atoms with Crippen molar-refractivity contribution in [3.05, 3.63) is 45.7 Å². The normalized spacial score (nSPS) is 19.2. The van der Waals surface area contributed by atoms with Crippen molar-refractivity contribution >= 4 is 0 Å². The second-order valence-electron chi connectivity index (χ2n) is 6.02. The number of rotatable bonds is 4. The smallest absolute Gasteiger partial charge is 0.442 e. The predicted molar refractivity (Wildman–Crippen MR) is 79.6 cm³/mol. The van der Waals surface area contributed by atoms with E-state index in [2.05, 4.69) is 20.8 Å². The monoisotopic (exact) mass is 345 g/mol. The van der Waals surface area contributed by atoms with Crippen LogP contribution < -0.4 is 15.8 Å². The highest BCUT2D eigenvalue weighted by molar-refractivity contribution is 5.56. The highest BCUT2D eigenvalue weighted by Gasteiger charge is 2.35. The number of fused-ring (bicyclic) bond motifs is 1. The standard InChI is InChI=1S/C15H12FN5O4/c16-8-2-1-7-3-11(10(7)4-8)21-13(19-24-15(21)22)12-14(20-25-18-12)23-9-5-17-6-9/h1-2,4,9,11,17H,3,5-6H2/t11-/m0/s1. The molecule has 25 heavy (non-hydrogen) atoms. The van der Waals surface area contributed by atoms with Gasteiger partial charge in [-0.2, -0.15) is 0 Å². The summed E-state index contributed by atoms with van der Waals surface area (Å²) in [7, 11) is 0. The summed E-state index contributed by atoms with van der Waals surface area (Å²) in [4.78, 5) is 12.2. The summed E-state index contributed by atoms with van der Waals surface area (Å²) >= 11 is 0. The van der Waals surface area contributed by atoms with Gasteiger partial charge in [0.05, 0.1) is 6.04 Å². The van der Waals surface area contributed by atoms with Crippen LogP contribution >= 0.6 is 0 Å². The van der Waals surface area contributed by atoms with Gasteiger partial charge >= 0.3 is 5.76 Å². The van der Waals surface area contributed by atoms with E-state index in [-0.39, 0.29) is 35.4 Å². The van der Waals surface area contributed by atoms with E-state index in [1.807, 2.05) is 0 Å². The molecule has 1 aliphatic heterocycles. The van der Waals surface area contributed by atoms with Crippen LogP contribution in [0.5, 0.6) is 5.88 Å². The molecule has 2 aromatic heterocycles. The summed E-state index contributed by atoms with van der Waals surface area (Å²) < 4.78 is 30.1. The average molecular weight is 345 g/mol. The predicted octanol–water partition coefficient (Wildman–Crippen LogP) is 0.521. The molecule has 1 aromatic carbocycles. The Bertz CT molecular complexity index is 1010. The summed E-state index contributed by atoms with van der Waals surface area (Å²) in [5.41, 5.74) is 1.87. The molecule has 2 aliphatic rings. The van der Waals surface area contributed by atoms with Gasteiger partial charge < -0.3 is 10.1 Å². The lowest BCUT2D eigenvalue weighted by molar-refractivity contribution is 0.129. The third-order valence-corrected chi connectivity index (χ3v) is 4.52. The lowest BCUT2D eigenvalue weighted by Crippen LogP contribution is -2.50. The second kappa shape index (κ2) is 5.24. The molecule has 5 rings (SSSR count). The maximum Gasteiger partial charge on any atom is 0.442 e. The number of nitrogens with one attached hydrogen (secondary N) is 1. The van der Waals surface area contributed by atoms with Gasteiger partial charge in [0.2, 0.25) is 11.5 Å². The molecule has 1 saturated heterocycles. The van der Waals surface area contributed by atoms with Crippen molar-refractivity contribution in [2.45, 2.75) is 18.6 Å². The SMILES string of the molecule is O=c1onc(-c2nonc2OC2CNC2)n1[C@H]1Cc2ccc(F)cc21. The molecule has 10 heteroatoms. The van der Waals surface area contributed by atoms with Crippen LogP contribution in [0.2, 0.25) is 0 Å². The number of halogens is 1. The molecule has 0 saturated carbocycles. The fourth-order valence-corrected chi connectivity index (χ4v) is 3.07. The van der Waals surface area contributed by atoms with E-state index in [0.29, 0.717) is 25.1 Å². The highest BCUT2D eigenvalue weighted by Crippen LogP contribution is 2.38. The molecule has 9 nitrogen and oxygen atoms in total. The molecule has 1 fully saturated rings. The van der Waals surface area contributed by atoms with E-state index in [1.54, 1.807) is 6.07 Å². The van der Waals surface area contributed by atoms with E-state index in [4.69, 9.17) is 13.9 Å². The first-order chi connectivity index (χ1) is 12.2. The summed E-state index contributed by atoms with van der Waals surface area (Å²) in [6, 6.07) is 4.13. The van der Waals surface area contributed by atoms with Crippen LogP contribution in [-0.4, -0.2) is 39.2 Å². The summed E-state index contributed by atoms with van der Waals surface area (Å²) in [6.45, 7) is 1.38. The lowest BCUT2D eigenvalue weighted by atomic mass is 9.83. The minimum Gasteiger partial charge on any atom is -0.468 e. The zero-order valence-corrected chi connectivity index (χ0v) is 12.8. The van der Waals surface area contributed by atoms with E-state index in [9.17, 15) is 9.18 Å². The van der Waals surface area contributed by atoms with Crippen molar-refractivity contribution in [3.63, 3.8) is 0 Å². The zero-order valence-electron chi connectivity index (χ0n) is 12.8. The van der Waals surface area contributed by atoms with Gasteiger partial charge in [0.15, 0.2) is 0 Å². The van der Waals surface area contributed by atoms with Crippen molar-refractivity contribution in [3.8, 4) is 17.4 Å². The number of hydrogen-bond acceptors (Lipinski definition) is 8. The third-order valence-electron chi connectivity index (χ3n) is 4.52. The summed E-state index contributed by atoms with van der Waals surface area (Å²) in [5, 5.41) is 14.4. The zero-order chi connectivity index (χ0) is 17.0. The van der Waals surface area contributed by atoms with E-state index < -0.39 is 5.76 Å². The quantitative estimate of drug-likeness (QED) is 0.729. The largest absolute Gasteiger partial charge is 0.468 e. The Balaban J connectivity index is 1.55. The topological polar surface area (TPSA) is 108 Å². The van der Waals surface area contributed by atoms with Crippen molar-refractivity contribution in [1.29, 1.82) is 0 Å². The Labute approximate surface area is 139 Å². The van der Waals surface area contributed by atoms with E-state index in [1.165, 1.54) is 16.7 Å². The number of ether oxygens (including phenoxy) is 1. The van der Waals surface area contributed by atoms with Crippen LogP contribution in [0.4, 0.5) is 4.39 Å². The molecule has 0 amide bonds. The van der Waals surface area contributed by atoms with Crippen LogP contribution in [0.25, 0.3) is 11.5 Å². The van der Waals surface area contributed by atoms with Gasteiger partial charge in [-0.05, 0) is 40.0 Å². The van der Waals surface area contributed by atoms with Crippen molar-refractivity contribution < 1.29 is 18.3 Å². The van der Waals surface area contributed by atoms with Crippen molar-refractivity contribution in [1.82, 2.24) is 25.4 Å². The number of hydrogen-bond donors (Lipinski definition) is 1. The van der Waals surface area contributed by atoms with Gasteiger partial charge in [0.25, 0.3) is 5.88 Å². The maximum absolute atomic E-state index is 13.5. The van der Waals surface area contributed by atoms with Crippen LogP contribution in [0.3, 0.4) is 0 Å². The summed E-state index contributed by atoms with van der Waals surface area (Å²) in [6.07, 6.45) is 0.522. The van der Waals surface area contributed by atoms with E-state index >= 15 is 0 Å². The van der Waals surface area contributed by atoms with Crippen LogP contribution in [0.15, 0.2) is 32.1 Å². The number of nitrogens with zero attached hydrogens (tertiary/aromatic N) is 4. The van der Waals surface area contributed by atoms with Crippen molar-refractivity contribution in [2.24, 2.45) is 0 Å². The molecule has 1 atom stereocenters. The van der Waals surface area contributed by atoms with Gasteiger partial charge in [0, 0.05) is 13.1 Å².